The number of nitrogens with zero attached hydrogens (tertiary/aromatic N) is 2. The summed E-state index contributed by atoms with van der Waals surface area (Å²) in [4.78, 5) is 12.1. The highest BCUT2D eigenvalue weighted by Gasteiger charge is 2.12. The molecular weight excluding hydrogens is 248 g/mol. The summed E-state index contributed by atoms with van der Waals surface area (Å²) in [6.07, 6.45) is 3.47. The number of anilines is 1. The van der Waals surface area contributed by atoms with Crippen LogP contribution in [0, 0.1) is 0 Å². The minimum absolute atomic E-state index is 0.728. The zero-order valence-corrected chi connectivity index (χ0v) is 10.7. The molecule has 0 fully saturated rings. The van der Waals surface area contributed by atoms with Crippen LogP contribution in [0.3, 0.4) is 0 Å². The van der Waals surface area contributed by atoms with Crippen LogP contribution < -0.4 is 5.73 Å². The Morgan fingerprint density at radius 3 is 2.70 bits per heavy atom. The van der Waals surface area contributed by atoms with Gasteiger partial charge in [0.15, 0.2) is 0 Å². The van der Waals surface area contributed by atoms with Gasteiger partial charge < -0.3 is 10.7 Å². The summed E-state index contributed by atoms with van der Waals surface area (Å²) < 4.78 is 0. The molecule has 2 aromatic carbocycles. The summed E-state index contributed by atoms with van der Waals surface area (Å²) in [5.41, 5.74) is 10.6. The average Bonchev–Trinajstić information content (AvgIpc) is 2.98. The van der Waals surface area contributed by atoms with Crippen molar-refractivity contribution in [3.8, 4) is 11.3 Å². The Hall–Kier alpha value is -2.88. The van der Waals surface area contributed by atoms with Gasteiger partial charge in [0.2, 0.25) is 0 Å². The van der Waals surface area contributed by atoms with Crippen molar-refractivity contribution in [2.24, 2.45) is 0 Å². The fourth-order valence-corrected chi connectivity index (χ4v) is 2.60. The van der Waals surface area contributed by atoms with Gasteiger partial charge in [-0.2, -0.15) is 0 Å². The van der Waals surface area contributed by atoms with Crippen LogP contribution >= 0.6 is 0 Å². The summed E-state index contributed by atoms with van der Waals surface area (Å²) in [5, 5.41) is 1.98. The second kappa shape index (κ2) is 4.06. The maximum absolute atomic E-state index is 6.08. The van der Waals surface area contributed by atoms with Gasteiger partial charge in [-0.15, -0.1) is 0 Å². The highest BCUT2D eigenvalue weighted by atomic mass is 14.8. The quantitative estimate of drug-likeness (QED) is 0.516. The first-order valence-electron chi connectivity index (χ1n) is 6.40. The van der Waals surface area contributed by atoms with Gasteiger partial charge >= 0.3 is 0 Å². The normalized spacial score (nSPS) is 11.2. The van der Waals surface area contributed by atoms with Gasteiger partial charge in [0.05, 0.1) is 28.4 Å². The standard InChI is InChI=1S/C16H12N4/c17-12-8-13-14(16-11(12)6-7-18-16)15(20-9-19-13)10-4-2-1-3-5-10/h1-9H,17H2,(H,19,20). The van der Waals surface area contributed by atoms with E-state index in [4.69, 9.17) is 5.73 Å². The maximum atomic E-state index is 6.08. The van der Waals surface area contributed by atoms with Crippen molar-refractivity contribution in [2.45, 2.75) is 0 Å². The fourth-order valence-electron chi connectivity index (χ4n) is 2.60. The number of aromatic nitrogens is 3. The van der Waals surface area contributed by atoms with Crippen molar-refractivity contribution in [1.29, 1.82) is 0 Å². The first-order chi connectivity index (χ1) is 9.84. The molecule has 0 aliphatic heterocycles. The predicted octanol–water partition coefficient (Wildman–Crippen LogP) is 3.36. The lowest BCUT2D eigenvalue weighted by Crippen LogP contribution is -1.93. The smallest absolute Gasteiger partial charge is 0.0931 e. The molecule has 0 amide bonds. The van der Waals surface area contributed by atoms with E-state index < -0.39 is 0 Å². The number of aromatic amines is 1. The zero-order chi connectivity index (χ0) is 13.5. The largest absolute Gasteiger partial charge is 0.398 e. The molecule has 96 valence electrons. The third-order valence-electron chi connectivity index (χ3n) is 3.51. The van der Waals surface area contributed by atoms with E-state index in [-0.39, 0.29) is 0 Å². The molecule has 0 saturated heterocycles. The molecule has 3 N–H and O–H groups in total. The number of benzene rings is 2. The Kier molecular flexibility index (Phi) is 2.23. The van der Waals surface area contributed by atoms with Gasteiger partial charge in [0.25, 0.3) is 0 Å². The fraction of sp³-hybridized carbons (Fsp3) is 0. The van der Waals surface area contributed by atoms with Crippen molar-refractivity contribution < 1.29 is 0 Å². The lowest BCUT2D eigenvalue weighted by Gasteiger charge is -2.08. The van der Waals surface area contributed by atoms with E-state index in [9.17, 15) is 0 Å². The first kappa shape index (κ1) is 11.0. The topological polar surface area (TPSA) is 67.6 Å². The van der Waals surface area contributed by atoms with E-state index in [1.807, 2.05) is 42.5 Å². The van der Waals surface area contributed by atoms with E-state index in [1.54, 1.807) is 12.5 Å². The Labute approximate surface area is 115 Å². The molecule has 4 heteroatoms. The van der Waals surface area contributed by atoms with Gasteiger partial charge in [-0.05, 0) is 12.1 Å². The number of nitrogens with one attached hydrogen (secondary N) is 1. The molecule has 20 heavy (non-hydrogen) atoms. The first-order valence-corrected chi connectivity index (χ1v) is 6.40. The van der Waals surface area contributed by atoms with E-state index in [0.29, 0.717) is 0 Å². The van der Waals surface area contributed by atoms with Crippen LogP contribution in [0.25, 0.3) is 33.1 Å². The zero-order valence-electron chi connectivity index (χ0n) is 10.7. The average molecular weight is 260 g/mol. The molecule has 0 aliphatic rings. The molecule has 2 heterocycles. The molecular formula is C16H12N4. The second-order valence-corrected chi connectivity index (χ2v) is 4.71. The number of H-pyrrole nitrogens is 1. The summed E-state index contributed by atoms with van der Waals surface area (Å²) in [7, 11) is 0. The Balaban J connectivity index is 2.20. The second-order valence-electron chi connectivity index (χ2n) is 4.71. The third kappa shape index (κ3) is 1.48. The maximum Gasteiger partial charge on any atom is 0.0931 e. The molecule has 2 aromatic heterocycles. The highest BCUT2D eigenvalue weighted by Crippen LogP contribution is 2.33. The Morgan fingerprint density at radius 1 is 1.00 bits per heavy atom. The van der Waals surface area contributed by atoms with Crippen LogP contribution in [0.1, 0.15) is 0 Å². The molecule has 0 aliphatic carbocycles. The van der Waals surface area contributed by atoms with Crippen molar-refractivity contribution in [1.82, 2.24) is 15.0 Å². The van der Waals surface area contributed by atoms with Crippen LogP contribution in [-0.2, 0) is 0 Å². The number of hydrogen-bond donors (Lipinski definition) is 2. The van der Waals surface area contributed by atoms with Gasteiger partial charge in [-0.25, -0.2) is 4.98 Å². The molecule has 0 spiro atoms. The molecule has 0 atom stereocenters. The van der Waals surface area contributed by atoms with Crippen molar-refractivity contribution in [2.75, 3.05) is 5.73 Å². The van der Waals surface area contributed by atoms with Crippen LogP contribution in [0.5, 0.6) is 0 Å². The van der Waals surface area contributed by atoms with E-state index in [0.717, 1.165) is 38.8 Å². The SMILES string of the molecule is Nc1cc2[nH]cnc(-c3ccccc3)c2c2nccc12. The van der Waals surface area contributed by atoms with Crippen molar-refractivity contribution >= 4 is 27.5 Å². The molecule has 4 rings (SSSR count). The minimum atomic E-state index is 0.728. The summed E-state index contributed by atoms with van der Waals surface area (Å²) in [6, 6.07) is 14.0. The highest BCUT2D eigenvalue weighted by molar-refractivity contribution is 6.14. The predicted molar refractivity (Wildman–Crippen MR) is 81.2 cm³/mol. The molecule has 0 saturated carbocycles. The molecule has 0 bridgehead atoms. The van der Waals surface area contributed by atoms with Crippen LogP contribution in [0.2, 0.25) is 0 Å². The summed E-state index contributed by atoms with van der Waals surface area (Å²) in [5.74, 6) is 0. The molecule has 4 nitrogen and oxygen atoms in total. The minimum Gasteiger partial charge on any atom is -0.398 e. The molecule has 4 aromatic rings. The third-order valence-corrected chi connectivity index (χ3v) is 3.51. The Morgan fingerprint density at radius 2 is 1.85 bits per heavy atom. The summed E-state index contributed by atoms with van der Waals surface area (Å²) >= 11 is 0. The summed E-state index contributed by atoms with van der Waals surface area (Å²) in [6.45, 7) is 0. The van der Waals surface area contributed by atoms with Crippen molar-refractivity contribution in [3.05, 3.63) is 55.0 Å². The van der Waals surface area contributed by atoms with E-state index in [2.05, 4.69) is 15.0 Å². The molecule has 0 unspecified atom stereocenters. The van der Waals surface area contributed by atoms with Crippen LogP contribution in [0.4, 0.5) is 5.69 Å². The van der Waals surface area contributed by atoms with Crippen LogP contribution in [0.15, 0.2) is 55.0 Å². The van der Waals surface area contributed by atoms with Gasteiger partial charge in [0, 0.05) is 22.8 Å². The van der Waals surface area contributed by atoms with Crippen LogP contribution in [-0.4, -0.2) is 15.0 Å². The number of nitrogen functional groups attached to an aromatic ring is 1. The van der Waals surface area contributed by atoms with Crippen molar-refractivity contribution in [3.63, 3.8) is 0 Å². The van der Waals surface area contributed by atoms with Gasteiger partial charge in [-0.1, -0.05) is 30.3 Å². The number of hydrogen-bond acceptors (Lipinski definition) is 3. The molecule has 0 radical (unpaired) electrons. The van der Waals surface area contributed by atoms with Gasteiger partial charge in [-0.3, -0.25) is 4.98 Å². The number of fused-ring (bicyclic) bond motifs is 3. The van der Waals surface area contributed by atoms with E-state index in [1.165, 1.54) is 0 Å². The number of nitrogens with two attached hydrogens (primary N) is 1. The monoisotopic (exact) mass is 260 g/mol. The van der Waals surface area contributed by atoms with E-state index >= 15 is 0 Å². The van der Waals surface area contributed by atoms with Gasteiger partial charge in [0.1, 0.15) is 0 Å². The lowest BCUT2D eigenvalue weighted by molar-refractivity contribution is 1.23. The number of rotatable bonds is 1. The lowest BCUT2D eigenvalue weighted by atomic mass is 10.0. The Bertz CT molecular complexity index is 910.